The van der Waals surface area contributed by atoms with Gasteiger partial charge in [-0.05, 0) is 109 Å². The maximum Gasteiger partial charge on any atom is 0.417 e. The third kappa shape index (κ3) is 8.39. The van der Waals surface area contributed by atoms with Gasteiger partial charge in [0, 0.05) is 62.8 Å². The van der Waals surface area contributed by atoms with Crippen molar-refractivity contribution in [1.29, 1.82) is 0 Å². The maximum absolute atomic E-state index is 13.3. The number of pyridine rings is 2. The van der Waals surface area contributed by atoms with E-state index in [0.29, 0.717) is 30.7 Å². The molecule has 46 heavy (non-hydrogen) atoms. The van der Waals surface area contributed by atoms with Crippen molar-refractivity contribution in [3.05, 3.63) is 113 Å². The lowest BCUT2D eigenvalue weighted by atomic mass is 9.91. The number of hydrogen-bond donors (Lipinski definition) is 1. The zero-order valence-corrected chi connectivity index (χ0v) is 27.2. The van der Waals surface area contributed by atoms with E-state index < -0.39 is 11.7 Å². The topological polar surface area (TPSA) is 61.4 Å². The van der Waals surface area contributed by atoms with Crippen molar-refractivity contribution < 1.29 is 18.0 Å². The molecule has 0 radical (unpaired) electrons. The first-order valence-electron chi connectivity index (χ1n) is 15.6. The van der Waals surface area contributed by atoms with E-state index in [1.807, 2.05) is 13.2 Å². The van der Waals surface area contributed by atoms with Crippen molar-refractivity contribution in [2.24, 2.45) is 0 Å². The molecule has 0 saturated heterocycles. The number of aromatic nitrogens is 2. The Kier molecular flexibility index (Phi) is 11.3. The summed E-state index contributed by atoms with van der Waals surface area (Å²) < 4.78 is 39.5. The molecule has 244 valence electrons. The largest absolute Gasteiger partial charge is 0.417 e. The fourth-order valence-electron chi connectivity index (χ4n) is 6.00. The number of nitrogens with zero attached hydrogens (tertiary/aromatic N) is 4. The molecule has 0 amide bonds. The highest BCUT2D eigenvalue weighted by Crippen LogP contribution is 2.38. The summed E-state index contributed by atoms with van der Waals surface area (Å²) in [6, 6.07) is 3.11. The average Bonchev–Trinajstić information content (AvgIpc) is 3.36. The minimum absolute atomic E-state index is 0.0977. The first-order valence-corrected chi connectivity index (χ1v) is 15.6. The minimum atomic E-state index is -4.52. The normalized spacial score (nSPS) is 15.2. The zero-order chi connectivity index (χ0) is 33.6. The third-order valence-corrected chi connectivity index (χ3v) is 8.57. The van der Waals surface area contributed by atoms with Crippen molar-refractivity contribution in [3.63, 3.8) is 0 Å². The van der Waals surface area contributed by atoms with Gasteiger partial charge in [-0.2, -0.15) is 13.2 Å². The van der Waals surface area contributed by atoms with Gasteiger partial charge in [0.1, 0.15) is 5.82 Å². The molecule has 0 saturated carbocycles. The average molecular weight is 632 g/mol. The Morgan fingerprint density at radius 1 is 1.11 bits per heavy atom. The van der Waals surface area contributed by atoms with E-state index in [1.54, 1.807) is 6.08 Å². The molecule has 2 aromatic rings. The van der Waals surface area contributed by atoms with Crippen LogP contribution in [0.3, 0.4) is 0 Å². The van der Waals surface area contributed by atoms with Crippen molar-refractivity contribution in [2.75, 3.05) is 45.6 Å². The molecule has 0 atom stereocenters. The molecule has 3 heterocycles. The Labute approximate surface area is 270 Å². The number of alkyl halides is 3. The van der Waals surface area contributed by atoms with E-state index in [1.165, 1.54) is 6.20 Å². The summed E-state index contributed by atoms with van der Waals surface area (Å²) in [5.74, 6) is 0.579. The van der Waals surface area contributed by atoms with Crippen LogP contribution in [-0.2, 0) is 17.5 Å². The maximum atomic E-state index is 13.3. The van der Waals surface area contributed by atoms with Crippen LogP contribution in [0.2, 0.25) is 0 Å². The minimum Gasteiger partial charge on any atom is -0.373 e. The lowest BCUT2D eigenvalue weighted by molar-refractivity contribution is -0.137. The van der Waals surface area contributed by atoms with E-state index in [9.17, 15) is 18.0 Å². The standard InChI is InChI=1S/C37H44F3N5O/c1-8-12-44(7)13-9-10-24(2)27(5)32-17-28(19-43-36(32)41-6)22-45-14-11-31-33(15-26(4)34(31)23-45)35(46)16-25(3)29-18-30(21-42-20-29)37(38,39)40/h15,17-21H,2-5,8-14,16,22-23H2,1,6-7H3,(H,41,43). The Bertz CT molecular complexity index is 1600. The molecule has 0 fully saturated rings. The van der Waals surface area contributed by atoms with Crippen LogP contribution >= 0.6 is 0 Å². The molecule has 0 spiro atoms. The molecule has 1 N–H and O–H groups in total. The van der Waals surface area contributed by atoms with Crippen LogP contribution in [0.1, 0.15) is 61.3 Å². The van der Waals surface area contributed by atoms with Gasteiger partial charge in [-0.25, -0.2) is 4.98 Å². The lowest BCUT2D eigenvalue weighted by Crippen LogP contribution is -2.31. The smallest absolute Gasteiger partial charge is 0.373 e. The van der Waals surface area contributed by atoms with Crippen LogP contribution in [0, 0.1) is 0 Å². The van der Waals surface area contributed by atoms with E-state index >= 15 is 0 Å². The molecule has 6 nitrogen and oxygen atoms in total. The Balaban J connectivity index is 1.40. The SMILES string of the molecule is C=C1C=C(C(=O)CC(=C)c2cncc(C(F)(F)F)c2)C2=C1CN(Cc1cnc(NC)c(C(=C)C(=C)CCCN(C)CCC)c1)CC2. The molecular formula is C37H44F3N5O. The Morgan fingerprint density at radius 2 is 1.87 bits per heavy atom. The third-order valence-electron chi connectivity index (χ3n) is 8.57. The van der Waals surface area contributed by atoms with E-state index in [2.05, 4.69) is 71.4 Å². The van der Waals surface area contributed by atoms with E-state index in [-0.39, 0.29) is 17.8 Å². The summed E-state index contributed by atoms with van der Waals surface area (Å²) in [7, 11) is 3.99. The van der Waals surface area contributed by atoms with E-state index in [4.69, 9.17) is 0 Å². The number of rotatable bonds is 15. The van der Waals surface area contributed by atoms with Gasteiger partial charge in [0.2, 0.25) is 0 Å². The van der Waals surface area contributed by atoms with Crippen LogP contribution in [0.5, 0.6) is 0 Å². The molecular weight excluding hydrogens is 587 g/mol. The highest BCUT2D eigenvalue weighted by molar-refractivity contribution is 6.06. The Hall–Kier alpha value is -4.08. The molecule has 4 rings (SSSR count). The number of hydrogen-bond acceptors (Lipinski definition) is 6. The second-order valence-electron chi connectivity index (χ2n) is 12.1. The summed E-state index contributed by atoms with van der Waals surface area (Å²) in [5, 5.41) is 3.19. The molecule has 2 aromatic heterocycles. The zero-order valence-electron chi connectivity index (χ0n) is 27.2. The highest BCUT2D eigenvalue weighted by Gasteiger charge is 2.32. The van der Waals surface area contributed by atoms with Gasteiger partial charge < -0.3 is 10.2 Å². The monoisotopic (exact) mass is 631 g/mol. The van der Waals surface area contributed by atoms with Crippen LogP contribution < -0.4 is 5.32 Å². The number of allylic oxidation sites excluding steroid dienone is 5. The highest BCUT2D eigenvalue weighted by atomic mass is 19.4. The van der Waals surface area contributed by atoms with Crippen molar-refractivity contribution >= 4 is 22.7 Å². The van der Waals surface area contributed by atoms with Crippen LogP contribution in [-0.4, -0.2) is 65.8 Å². The number of halogens is 3. The summed E-state index contributed by atoms with van der Waals surface area (Å²) >= 11 is 0. The van der Waals surface area contributed by atoms with Gasteiger partial charge in [-0.15, -0.1) is 0 Å². The van der Waals surface area contributed by atoms with E-state index in [0.717, 1.165) is 96.0 Å². The number of carbonyl (C=O) groups excluding carboxylic acids is 1. The Morgan fingerprint density at radius 3 is 2.57 bits per heavy atom. The second kappa shape index (κ2) is 15.0. The number of carbonyl (C=O) groups is 1. The summed E-state index contributed by atoms with van der Waals surface area (Å²) in [6.45, 7) is 23.1. The predicted molar refractivity (Wildman–Crippen MR) is 181 cm³/mol. The first kappa shape index (κ1) is 34.8. The fourth-order valence-corrected chi connectivity index (χ4v) is 6.00. The van der Waals surface area contributed by atoms with Gasteiger partial charge in [0.25, 0.3) is 0 Å². The number of ketones is 1. The van der Waals surface area contributed by atoms with Crippen LogP contribution in [0.15, 0.2) is 91.0 Å². The second-order valence-corrected chi connectivity index (χ2v) is 12.1. The van der Waals surface area contributed by atoms with Gasteiger partial charge in [0.05, 0.1) is 5.56 Å². The summed E-state index contributed by atoms with van der Waals surface area (Å²) in [6.07, 6.45) is 4.80. The number of nitrogens with one attached hydrogen (secondary N) is 1. The predicted octanol–water partition coefficient (Wildman–Crippen LogP) is 7.90. The van der Waals surface area contributed by atoms with Gasteiger partial charge in [0.15, 0.2) is 5.78 Å². The molecule has 9 heteroatoms. The van der Waals surface area contributed by atoms with Crippen LogP contribution in [0.4, 0.5) is 19.0 Å². The first-order chi connectivity index (χ1) is 21.8. The lowest BCUT2D eigenvalue weighted by Gasteiger charge is -2.29. The summed E-state index contributed by atoms with van der Waals surface area (Å²) in [5.41, 5.74) is 6.85. The van der Waals surface area contributed by atoms with Crippen LogP contribution in [0.25, 0.3) is 11.1 Å². The number of anilines is 1. The molecule has 0 bridgehead atoms. The van der Waals surface area contributed by atoms with Gasteiger partial charge in [-0.1, -0.05) is 33.2 Å². The molecule has 2 aliphatic rings. The quantitative estimate of drug-likeness (QED) is 0.202. The van der Waals surface area contributed by atoms with Crippen molar-refractivity contribution in [3.8, 4) is 0 Å². The summed E-state index contributed by atoms with van der Waals surface area (Å²) in [4.78, 5) is 26.4. The van der Waals surface area contributed by atoms with Gasteiger partial charge in [-0.3, -0.25) is 14.7 Å². The molecule has 0 unspecified atom stereocenters. The van der Waals surface area contributed by atoms with Crippen molar-refractivity contribution in [1.82, 2.24) is 19.8 Å². The fraction of sp³-hybridized carbons (Fsp3) is 0.378. The van der Waals surface area contributed by atoms with Gasteiger partial charge >= 0.3 is 6.18 Å². The number of Topliss-reactive ketones (excluding diaryl/α,β-unsaturated/α-hetero) is 1. The molecule has 1 aliphatic heterocycles. The molecule has 0 aromatic carbocycles. The molecule has 1 aliphatic carbocycles. The van der Waals surface area contributed by atoms with Crippen molar-refractivity contribution in [2.45, 2.75) is 51.7 Å².